The van der Waals surface area contributed by atoms with E-state index < -0.39 is 0 Å². The molecule has 1 aromatic rings. The number of nitrogens with zero attached hydrogens (tertiary/aromatic N) is 1. The van der Waals surface area contributed by atoms with Crippen LogP contribution >= 0.6 is 11.6 Å². The summed E-state index contributed by atoms with van der Waals surface area (Å²) < 4.78 is 0. The van der Waals surface area contributed by atoms with Gasteiger partial charge in [-0.2, -0.15) is 0 Å². The van der Waals surface area contributed by atoms with E-state index in [1.807, 2.05) is 19.9 Å². The van der Waals surface area contributed by atoms with Crippen molar-refractivity contribution in [3.8, 4) is 0 Å². The lowest BCUT2D eigenvalue weighted by molar-refractivity contribution is 0.894. The first-order chi connectivity index (χ1) is 6.52. The van der Waals surface area contributed by atoms with Crippen LogP contribution in [0.25, 0.3) is 0 Å². The minimum absolute atomic E-state index is 0.395. The van der Waals surface area contributed by atoms with Gasteiger partial charge in [0.2, 0.25) is 0 Å². The average molecular weight is 212 g/mol. The molecule has 1 heterocycles. The van der Waals surface area contributed by atoms with Gasteiger partial charge in [0.05, 0.1) is 0 Å². The summed E-state index contributed by atoms with van der Waals surface area (Å²) in [5, 5.41) is 3.92. The molecule has 0 saturated heterocycles. The molecule has 0 aliphatic rings. The van der Waals surface area contributed by atoms with Crippen LogP contribution in [0.3, 0.4) is 0 Å². The Morgan fingerprint density at radius 1 is 1.43 bits per heavy atom. The van der Waals surface area contributed by atoms with Gasteiger partial charge in [-0.3, -0.25) is 0 Å². The van der Waals surface area contributed by atoms with Gasteiger partial charge in [-0.15, -0.1) is 0 Å². The van der Waals surface area contributed by atoms with Gasteiger partial charge in [-0.1, -0.05) is 25.4 Å². The van der Waals surface area contributed by atoms with Crippen molar-refractivity contribution < 1.29 is 0 Å². The van der Waals surface area contributed by atoms with Crippen LogP contribution in [0.5, 0.6) is 0 Å². The quantitative estimate of drug-likeness (QED) is 0.774. The highest BCUT2D eigenvalue weighted by Gasteiger charge is 2.12. The number of hydrogen-bond acceptors (Lipinski definition) is 2. The van der Waals surface area contributed by atoms with Crippen LogP contribution in [-0.4, -0.2) is 11.0 Å². The molecule has 0 aromatic carbocycles. The summed E-state index contributed by atoms with van der Waals surface area (Å²) in [6.45, 7) is 8.27. The third-order valence-corrected chi connectivity index (χ3v) is 2.14. The number of anilines is 1. The van der Waals surface area contributed by atoms with Crippen LogP contribution in [0.15, 0.2) is 12.3 Å². The van der Waals surface area contributed by atoms with Gasteiger partial charge in [0.15, 0.2) is 0 Å². The monoisotopic (exact) mass is 211 g/mol. The molecule has 0 saturated carbocycles. The van der Waals surface area contributed by atoms with E-state index in [0.717, 1.165) is 11.3 Å². The maximum absolute atomic E-state index is 6.04. The molecule has 1 radical (unpaired) electrons. The second-order valence-corrected chi connectivity index (χ2v) is 4.18. The average Bonchev–Trinajstić information content (AvgIpc) is 2.01. The van der Waals surface area contributed by atoms with E-state index in [1.165, 1.54) is 5.92 Å². The van der Waals surface area contributed by atoms with Crippen LogP contribution < -0.4 is 5.32 Å². The van der Waals surface area contributed by atoms with E-state index in [-0.39, 0.29) is 0 Å². The number of halogens is 1. The van der Waals surface area contributed by atoms with Gasteiger partial charge in [-0.25, -0.2) is 4.98 Å². The summed E-state index contributed by atoms with van der Waals surface area (Å²) in [4.78, 5) is 4.07. The molecular formula is C11H16ClN2. The molecule has 0 spiro atoms. The Morgan fingerprint density at radius 3 is 2.57 bits per heavy atom. The first-order valence-electron chi connectivity index (χ1n) is 4.74. The molecule has 0 aliphatic carbocycles. The van der Waals surface area contributed by atoms with Crippen LogP contribution in [-0.2, 0) is 0 Å². The normalized spacial score (nSPS) is 11.1. The topological polar surface area (TPSA) is 24.9 Å². The zero-order valence-electron chi connectivity index (χ0n) is 9.06. The fourth-order valence-corrected chi connectivity index (χ4v) is 1.69. The van der Waals surface area contributed by atoms with Crippen molar-refractivity contribution >= 4 is 17.3 Å². The Kier molecular flexibility index (Phi) is 3.76. The summed E-state index contributed by atoms with van der Waals surface area (Å²) in [6, 6.07) is 2.35. The zero-order chi connectivity index (χ0) is 10.7. The molecule has 1 N–H and O–H groups in total. The summed E-state index contributed by atoms with van der Waals surface area (Å²) in [5.41, 5.74) is 2.07. The SMILES string of the molecule is C[C](C)c1c(NC(C)C)ccnc1Cl. The molecule has 0 fully saturated rings. The Bertz CT molecular complexity index is 308. The first kappa shape index (κ1) is 11.3. The molecule has 2 nitrogen and oxygen atoms in total. The van der Waals surface area contributed by atoms with E-state index in [9.17, 15) is 0 Å². The third-order valence-electron chi connectivity index (χ3n) is 1.85. The lowest BCUT2D eigenvalue weighted by atomic mass is 10.0. The van der Waals surface area contributed by atoms with E-state index in [4.69, 9.17) is 11.6 Å². The molecule has 0 unspecified atom stereocenters. The van der Waals surface area contributed by atoms with Crippen molar-refractivity contribution in [2.75, 3.05) is 5.32 Å². The van der Waals surface area contributed by atoms with Crippen LogP contribution in [0.1, 0.15) is 33.3 Å². The Balaban J connectivity index is 3.08. The van der Waals surface area contributed by atoms with Crippen molar-refractivity contribution in [3.05, 3.63) is 28.9 Å². The Hall–Kier alpha value is -0.760. The molecule has 0 aliphatic heterocycles. The molecule has 1 rings (SSSR count). The van der Waals surface area contributed by atoms with Gasteiger partial charge < -0.3 is 5.32 Å². The Morgan fingerprint density at radius 2 is 2.07 bits per heavy atom. The summed E-state index contributed by atoms with van der Waals surface area (Å²) >= 11 is 6.04. The van der Waals surface area contributed by atoms with Crippen LogP contribution in [0.2, 0.25) is 5.15 Å². The summed E-state index contributed by atoms with van der Waals surface area (Å²) in [5.74, 6) is 1.17. The minimum atomic E-state index is 0.395. The van der Waals surface area contributed by atoms with E-state index >= 15 is 0 Å². The summed E-state index contributed by atoms with van der Waals surface area (Å²) in [6.07, 6.45) is 1.72. The molecule has 0 atom stereocenters. The zero-order valence-corrected chi connectivity index (χ0v) is 9.81. The molecule has 3 heteroatoms. The van der Waals surface area contributed by atoms with Crippen LogP contribution in [0, 0.1) is 5.92 Å². The van der Waals surface area contributed by atoms with Crippen LogP contribution in [0.4, 0.5) is 5.69 Å². The van der Waals surface area contributed by atoms with Crippen molar-refractivity contribution in [3.63, 3.8) is 0 Å². The summed E-state index contributed by atoms with van der Waals surface area (Å²) in [7, 11) is 0. The molecule has 0 bridgehead atoms. The highest BCUT2D eigenvalue weighted by atomic mass is 35.5. The van der Waals surface area contributed by atoms with Crippen molar-refractivity contribution in [2.45, 2.75) is 33.7 Å². The predicted octanol–water partition coefficient (Wildman–Crippen LogP) is 3.52. The van der Waals surface area contributed by atoms with E-state index in [2.05, 4.69) is 24.1 Å². The lowest BCUT2D eigenvalue weighted by Gasteiger charge is -2.17. The molecular weight excluding hydrogens is 196 g/mol. The van der Waals surface area contributed by atoms with Gasteiger partial charge in [0, 0.05) is 29.4 Å². The van der Waals surface area contributed by atoms with E-state index in [1.54, 1.807) is 6.20 Å². The van der Waals surface area contributed by atoms with Gasteiger partial charge >= 0.3 is 0 Å². The van der Waals surface area contributed by atoms with Crippen molar-refractivity contribution in [1.82, 2.24) is 4.98 Å². The minimum Gasteiger partial charge on any atom is -0.382 e. The van der Waals surface area contributed by atoms with E-state index in [0.29, 0.717) is 11.2 Å². The van der Waals surface area contributed by atoms with Gasteiger partial charge in [-0.05, 0) is 19.9 Å². The lowest BCUT2D eigenvalue weighted by Crippen LogP contribution is -2.12. The van der Waals surface area contributed by atoms with Gasteiger partial charge in [0.25, 0.3) is 0 Å². The second-order valence-electron chi connectivity index (χ2n) is 3.82. The maximum Gasteiger partial charge on any atom is 0.134 e. The largest absolute Gasteiger partial charge is 0.382 e. The molecule has 1 aromatic heterocycles. The number of nitrogens with one attached hydrogen (secondary N) is 1. The number of hydrogen-bond donors (Lipinski definition) is 1. The van der Waals surface area contributed by atoms with Crippen molar-refractivity contribution in [1.29, 1.82) is 0 Å². The second kappa shape index (κ2) is 4.65. The highest BCUT2D eigenvalue weighted by molar-refractivity contribution is 6.30. The predicted molar refractivity (Wildman–Crippen MR) is 61.7 cm³/mol. The Labute approximate surface area is 90.7 Å². The number of aromatic nitrogens is 1. The molecule has 0 amide bonds. The fraction of sp³-hybridized carbons (Fsp3) is 0.455. The maximum atomic E-state index is 6.04. The smallest absolute Gasteiger partial charge is 0.134 e. The number of pyridine rings is 1. The highest BCUT2D eigenvalue weighted by Crippen LogP contribution is 2.29. The standard InChI is InChI=1S/C11H16ClN2/c1-7(2)10-9(14-8(3)4)5-6-13-11(10)12/h5-6,8H,1-4H3,(H,13,14). The molecule has 14 heavy (non-hydrogen) atoms. The third kappa shape index (κ3) is 2.61. The van der Waals surface area contributed by atoms with Crippen molar-refractivity contribution in [2.24, 2.45) is 0 Å². The fourth-order valence-electron chi connectivity index (χ4n) is 1.34. The number of rotatable bonds is 3. The van der Waals surface area contributed by atoms with Gasteiger partial charge in [0.1, 0.15) is 5.15 Å². The first-order valence-corrected chi connectivity index (χ1v) is 5.11. The molecule has 77 valence electrons.